The zero-order valence-corrected chi connectivity index (χ0v) is 24.1. The van der Waals surface area contributed by atoms with Gasteiger partial charge >= 0.3 is 0 Å². The molecule has 0 radical (unpaired) electrons. The van der Waals surface area contributed by atoms with Crippen LogP contribution < -0.4 is 4.90 Å². The van der Waals surface area contributed by atoms with E-state index in [9.17, 15) is 9.18 Å². The summed E-state index contributed by atoms with van der Waals surface area (Å²) in [5.74, 6) is 0.449. The number of hydrogen-bond acceptors (Lipinski definition) is 6. The molecule has 1 aromatic heterocycles. The van der Waals surface area contributed by atoms with Gasteiger partial charge in [0, 0.05) is 55.9 Å². The topological polar surface area (TPSA) is 52.6 Å². The molecule has 1 amide bonds. The number of aromatic nitrogens is 2. The summed E-state index contributed by atoms with van der Waals surface area (Å²) in [6.45, 7) is 12.4. The number of aryl methyl sites for hydroxylation is 2. The lowest BCUT2D eigenvalue weighted by molar-refractivity contribution is -0.136. The van der Waals surface area contributed by atoms with E-state index in [0.29, 0.717) is 37.8 Å². The summed E-state index contributed by atoms with van der Waals surface area (Å²) in [5.41, 5.74) is 5.08. The molecule has 0 bridgehead atoms. The van der Waals surface area contributed by atoms with Crippen LogP contribution in [0, 0.1) is 19.7 Å². The molecule has 2 fully saturated rings. The van der Waals surface area contributed by atoms with Crippen molar-refractivity contribution in [2.45, 2.75) is 63.0 Å². The van der Waals surface area contributed by atoms with Gasteiger partial charge in [0.25, 0.3) is 0 Å². The Hall–Kier alpha value is -2.97. The highest BCUT2D eigenvalue weighted by atomic mass is 32.2. The van der Waals surface area contributed by atoms with E-state index in [-0.39, 0.29) is 23.0 Å². The van der Waals surface area contributed by atoms with Crippen LogP contribution in [0.3, 0.4) is 0 Å². The van der Waals surface area contributed by atoms with E-state index in [4.69, 9.17) is 0 Å². The quantitative estimate of drug-likeness (QED) is 0.367. The van der Waals surface area contributed by atoms with Crippen molar-refractivity contribution in [3.63, 3.8) is 0 Å². The zero-order chi connectivity index (χ0) is 27.5. The lowest BCUT2D eigenvalue weighted by Crippen LogP contribution is -2.53. The van der Waals surface area contributed by atoms with Crippen LogP contribution in [0.2, 0.25) is 0 Å². The van der Waals surface area contributed by atoms with Gasteiger partial charge in [0.1, 0.15) is 5.82 Å². The molecule has 0 aliphatic carbocycles. The van der Waals surface area contributed by atoms with Crippen LogP contribution in [0.4, 0.5) is 10.1 Å². The Morgan fingerprint density at radius 2 is 1.67 bits per heavy atom. The number of nitrogens with zero attached hydrogens (tertiary/aromatic N) is 5. The predicted molar refractivity (Wildman–Crippen MR) is 156 cm³/mol. The molecule has 3 heterocycles. The van der Waals surface area contributed by atoms with Gasteiger partial charge in [-0.25, -0.2) is 14.4 Å². The number of rotatable bonds is 7. The third kappa shape index (κ3) is 6.61. The molecule has 2 aliphatic heterocycles. The maximum Gasteiger partial charge on any atom is 0.240 e. The molecule has 2 atom stereocenters. The maximum atomic E-state index is 14.3. The minimum absolute atomic E-state index is 0.173. The van der Waals surface area contributed by atoms with Crippen LogP contribution in [0.1, 0.15) is 48.7 Å². The molecule has 8 heteroatoms. The van der Waals surface area contributed by atoms with Crippen molar-refractivity contribution in [3.05, 3.63) is 82.9 Å². The number of likely N-dealkylation sites (tertiary alicyclic amines) is 1. The molecule has 0 spiro atoms. The minimum atomic E-state index is -0.212. The Kier molecular flexibility index (Phi) is 8.52. The van der Waals surface area contributed by atoms with Crippen molar-refractivity contribution >= 4 is 23.4 Å². The number of amides is 1. The first-order valence-corrected chi connectivity index (χ1v) is 14.7. The van der Waals surface area contributed by atoms with Gasteiger partial charge < -0.3 is 9.80 Å². The van der Waals surface area contributed by atoms with Gasteiger partial charge in [-0.15, -0.1) is 0 Å². The minimum Gasteiger partial charge on any atom is -0.366 e. The molecule has 2 saturated heterocycles. The average Bonchev–Trinajstić information content (AvgIpc) is 3.30. The number of anilines is 1. The molecule has 0 N–H and O–H groups in total. The van der Waals surface area contributed by atoms with E-state index in [1.165, 1.54) is 17.2 Å². The van der Waals surface area contributed by atoms with Crippen molar-refractivity contribution < 1.29 is 9.18 Å². The first-order chi connectivity index (χ1) is 18.8. The maximum absolute atomic E-state index is 14.3. The molecule has 0 saturated carbocycles. The van der Waals surface area contributed by atoms with E-state index in [1.807, 2.05) is 41.8 Å². The van der Waals surface area contributed by atoms with Gasteiger partial charge in [-0.2, -0.15) is 0 Å². The van der Waals surface area contributed by atoms with Gasteiger partial charge in [0.2, 0.25) is 5.91 Å². The van der Waals surface area contributed by atoms with E-state index in [0.717, 1.165) is 36.1 Å². The van der Waals surface area contributed by atoms with Crippen LogP contribution in [0.25, 0.3) is 0 Å². The molecule has 2 aromatic carbocycles. The fraction of sp³-hybridized carbons (Fsp3) is 0.452. The Balaban J connectivity index is 1.30. The number of para-hydroxylation sites is 1. The van der Waals surface area contributed by atoms with Crippen molar-refractivity contribution in [2.75, 3.05) is 37.6 Å². The highest BCUT2D eigenvalue weighted by molar-refractivity contribution is 7.99. The monoisotopic (exact) mass is 547 g/mol. The summed E-state index contributed by atoms with van der Waals surface area (Å²) < 4.78 is 14.3. The van der Waals surface area contributed by atoms with Crippen molar-refractivity contribution in [3.8, 4) is 0 Å². The number of carbonyl (C=O) groups excluding carboxylic acids is 1. The number of benzene rings is 2. The Labute approximate surface area is 235 Å². The normalized spacial score (nSPS) is 20.2. The molecular weight excluding hydrogens is 509 g/mol. The third-order valence-electron chi connectivity index (χ3n) is 7.70. The van der Waals surface area contributed by atoms with E-state index in [2.05, 4.69) is 53.0 Å². The molecule has 2 aliphatic rings. The Morgan fingerprint density at radius 3 is 2.31 bits per heavy atom. The highest BCUT2D eigenvalue weighted by Crippen LogP contribution is 2.34. The summed E-state index contributed by atoms with van der Waals surface area (Å²) in [4.78, 5) is 29.5. The van der Waals surface area contributed by atoms with E-state index in [1.54, 1.807) is 17.8 Å². The molecule has 3 aromatic rings. The number of thioether (sulfide) groups is 1. The fourth-order valence-corrected chi connectivity index (χ4v) is 6.84. The van der Waals surface area contributed by atoms with Crippen LogP contribution in [-0.4, -0.2) is 69.7 Å². The molecule has 206 valence electrons. The first kappa shape index (κ1) is 27.6. The van der Waals surface area contributed by atoms with Gasteiger partial charge in [0.15, 0.2) is 5.16 Å². The Morgan fingerprint density at radius 1 is 1.00 bits per heavy atom. The highest BCUT2D eigenvalue weighted by Gasteiger charge is 2.40. The largest absolute Gasteiger partial charge is 0.366 e. The fourth-order valence-electron chi connectivity index (χ4n) is 5.60. The number of halogens is 1. The van der Waals surface area contributed by atoms with Crippen molar-refractivity contribution in [1.29, 1.82) is 0 Å². The molecule has 39 heavy (non-hydrogen) atoms. The summed E-state index contributed by atoms with van der Waals surface area (Å²) in [6.07, 6.45) is 0.761. The van der Waals surface area contributed by atoms with Crippen LogP contribution in [0.5, 0.6) is 0 Å². The molecule has 0 unspecified atom stereocenters. The zero-order valence-electron chi connectivity index (χ0n) is 23.3. The van der Waals surface area contributed by atoms with Crippen molar-refractivity contribution in [1.82, 2.24) is 19.8 Å². The number of hydrogen-bond donors (Lipinski definition) is 0. The number of carbonyl (C=O) groups is 1. The van der Waals surface area contributed by atoms with Crippen LogP contribution in [0.15, 0.2) is 59.8 Å². The van der Waals surface area contributed by atoms with Gasteiger partial charge in [0.05, 0.1) is 11.7 Å². The molecule has 6 nitrogen and oxygen atoms in total. The summed E-state index contributed by atoms with van der Waals surface area (Å²) in [7, 11) is 0. The van der Waals surface area contributed by atoms with Crippen LogP contribution >= 0.6 is 11.8 Å². The van der Waals surface area contributed by atoms with Gasteiger partial charge in [-0.3, -0.25) is 9.69 Å². The van der Waals surface area contributed by atoms with Gasteiger partial charge in [-0.1, -0.05) is 62.0 Å². The second-order valence-corrected chi connectivity index (χ2v) is 12.3. The third-order valence-corrected chi connectivity index (χ3v) is 8.77. The molecule has 5 rings (SSSR count). The second kappa shape index (κ2) is 12.0. The standard InChI is InChI=1S/C31H38FN5OS/c1-21(2)25-11-9-24(10-12-25)19-37-20-26(39-31-33-22(3)17-23(4)34-31)18-29(37)30(38)36-15-13-35(14-16-36)28-8-6-5-7-27(28)32/h5-12,17,21,26,29H,13-16,18-20H2,1-4H3/t26-,29+/m1/s1. The van der Waals surface area contributed by atoms with E-state index >= 15 is 0 Å². The van der Waals surface area contributed by atoms with Crippen LogP contribution in [-0.2, 0) is 11.3 Å². The lowest BCUT2D eigenvalue weighted by Gasteiger charge is -2.38. The lowest BCUT2D eigenvalue weighted by atomic mass is 10.0. The van der Waals surface area contributed by atoms with Crippen molar-refractivity contribution in [2.24, 2.45) is 0 Å². The second-order valence-electron chi connectivity index (χ2n) is 11.0. The summed E-state index contributed by atoms with van der Waals surface area (Å²) >= 11 is 1.68. The first-order valence-electron chi connectivity index (χ1n) is 13.9. The smallest absolute Gasteiger partial charge is 0.240 e. The summed E-state index contributed by atoms with van der Waals surface area (Å²) in [6, 6.07) is 17.4. The average molecular weight is 548 g/mol. The molecular formula is C31H38FN5OS. The SMILES string of the molecule is Cc1cc(C)nc(S[C@@H]2C[C@@H](C(=O)N3CCN(c4ccccc4F)CC3)N(Cc3ccc(C(C)C)cc3)C2)n1. The van der Waals surface area contributed by atoms with Gasteiger partial charge in [-0.05, 0) is 55.5 Å². The summed E-state index contributed by atoms with van der Waals surface area (Å²) in [5, 5.41) is 1.01. The van der Waals surface area contributed by atoms with E-state index < -0.39 is 0 Å². The predicted octanol–water partition coefficient (Wildman–Crippen LogP) is 5.44. The Bertz CT molecular complexity index is 1270. The number of piperazine rings is 1.